The van der Waals surface area contributed by atoms with Crippen LogP contribution in [0.4, 0.5) is 0 Å². The lowest BCUT2D eigenvalue weighted by Gasteiger charge is -2.02. The predicted octanol–water partition coefficient (Wildman–Crippen LogP) is 1.51. The quantitative estimate of drug-likeness (QED) is 0.637. The third-order valence-electron chi connectivity index (χ3n) is 2.57. The fourth-order valence-corrected chi connectivity index (χ4v) is 1.57. The fraction of sp³-hybridized carbons (Fsp3) is 0.375. The first kappa shape index (κ1) is 16.6. The highest BCUT2D eigenvalue weighted by Gasteiger charge is 2.06. The average Bonchev–Trinajstić information content (AvgIpc) is 2.50. The van der Waals surface area contributed by atoms with Gasteiger partial charge in [-0.1, -0.05) is 24.0 Å². The number of hydrogen-bond donors (Lipinski definition) is 1. The van der Waals surface area contributed by atoms with Crippen molar-refractivity contribution in [2.45, 2.75) is 19.8 Å². The zero-order chi connectivity index (χ0) is 15.5. The van der Waals surface area contributed by atoms with Gasteiger partial charge in [-0.15, -0.1) is 0 Å². The number of carbonyl (C=O) groups is 2. The molecule has 0 aliphatic heterocycles. The molecule has 0 spiro atoms. The number of amides is 1. The lowest BCUT2D eigenvalue weighted by molar-refractivity contribution is -0.144. The van der Waals surface area contributed by atoms with Gasteiger partial charge in [-0.3, -0.25) is 9.59 Å². The third kappa shape index (κ3) is 6.48. The van der Waals surface area contributed by atoms with Gasteiger partial charge in [0.2, 0.25) is 5.91 Å². The first-order valence-corrected chi connectivity index (χ1v) is 6.71. The van der Waals surface area contributed by atoms with Crippen molar-refractivity contribution >= 4 is 11.9 Å². The van der Waals surface area contributed by atoms with Gasteiger partial charge in [0.1, 0.15) is 5.75 Å². The lowest BCUT2D eigenvalue weighted by atomic mass is 10.2. The standard InChI is InChI=1S/C16H19NO4/c1-3-21-16(19)11-10-15(18)17-12-6-8-13-7-4-5-9-14(13)20-2/h4-5,7,9H,3,10-12H2,1-2H3,(H,17,18). The molecule has 0 unspecified atom stereocenters. The molecule has 0 aliphatic rings. The molecule has 0 saturated heterocycles. The van der Waals surface area contributed by atoms with Gasteiger partial charge in [0.15, 0.2) is 0 Å². The first-order chi connectivity index (χ1) is 10.2. The maximum atomic E-state index is 11.5. The summed E-state index contributed by atoms with van der Waals surface area (Å²) in [5, 5.41) is 2.63. The normalized spacial score (nSPS) is 9.24. The van der Waals surface area contributed by atoms with Gasteiger partial charge < -0.3 is 14.8 Å². The van der Waals surface area contributed by atoms with E-state index in [-0.39, 0.29) is 31.3 Å². The van der Waals surface area contributed by atoms with Gasteiger partial charge in [0, 0.05) is 6.42 Å². The molecule has 112 valence electrons. The molecule has 0 atom stereocenters. The number of esters is 1. The van der Waals surface area contributed by atoms with Crippen LogP contribution in [0.1, 0.15) is 25.3 Å². The second-order valence-electron chi connectivity index (χ2n) is 4.08. The minimum absolute atomic E-state index is 0.0829. The van der Waals surface area contributed by atoms with Crippen LogP contribution in [-0.2, 0) is 14.3 Å². The number of ether oxygens (including phenoxy) is 2. The summed E-state index contributed by atoms with van der Waals surface area (Å²) >= 11 is 0. The van der Waals surface area contributed by atoms with Gasteiger partial charge in [0.25, 0.3) is 0 Å². The van der Waals surface area contributed by atoms with Crippen molar-refractivity contribution in [2.24, 2.45) is 0 Å². The maximum absolute atomic E-state index is 11.5. The molecular weight excluding hydrogens is 270 g/mol. The van der Waals surface area contributed by atoms with Crippen LogP contribution in [0.5, 0.6) is 5.75 Å². The molecule has 5 heteroatoms. The van der Waals surface area contributed by atoms with Gasteiger partial charge >= 0.3 is 5.97 Å². The molecule has 21 heavy (non-hydrogen) atoms. The summed E-state index contributed by atoms with van der Waals surface area (Å²) in [5.41, 5.74) is 0.765. The Morgan fingerprint density at radius 2 is 2.00 bits per heavy atom. The van der Waals surface area contributed by atoms with Crippen molar-refractivity contribution in [3.8, 4) is 17.6 Å². The summed E-state index contributed by atoms with van der Waals surface area (Å²) in [7, 11) is 1.58. The lowest BCUT2D eigenvalue weighted by Crippen LogP contribution is -2.24. The van der Waals surface area contributed by atoms with E-state index in [4.69, 9.17) is 9.47 Å². The Morgan fingerprint density at radius 3 is 2.71 bits per heavy atom. The molecule has 1 rings (SSSR count). The molecule has 0 fully saturated rings. The Hall–Kier alpha value is -2.48. The first-order valence-electron chi connectivity index (χ1n) is 6.71. The molecule has 1 N–H and O–H groups in total. The molecule has 1 aromatic carbocycles. The smallest absolute Gasteiger partial charge is 0.306 e. The Labute approximate surface area is 124 Å². The number of benzene rings is 1. The van der Waals surface area contributed by atoms with Crippen molar-refractivity contribution in [1.82, 2.24) is 5.32 Å². The second-order valence-corrected chi connectivity index (χ2v) is 4.08. The molecular formula is C16H19NO4. The summed E-state index contributed by atoms with van der Waals surface area (Å²) < 4.78 is 9.91. The van der Waals surface area contributed by atoms with Gasteiger partial charge in [-0.2, -0.15) is 0 Å². The van der Waals surface area contributed by atoms with Crippen molar-refractivity contribution < 1.29 is 19.1 Å². The van der Waals surface area contributed by atoms with E-state index < -0.39 is 0 Å². The van der Waals surface area contributed by atoms with Crippen molar-refractivity contribution in [2.75, 3.05) is 20.3 Å². The summed E-state index contributed by atoms with van der Waals surface area (Å²) in [6.45, 7) is 2.27. The largest absolute Gasteiger partial charge is 0.495 e. The van der Waals surface area contributed by atoms with E-state index in [1.165, 1.54) is 0 Å². The Kier molecular flexibility index (Phi) is 7.44. The molecule has 0 heterocycles. The van der Waals surface area contributed by atoms with Crippen molar-refractivity contribution in [3.63, 3.8) is 0 Å². The Balaban J connectivity index is 2.35. The molecule has 1 aromatic rings. The van der Waals surface area contributed by atoms with Crippen LogP contribution >= 0.6 is 0 Å². The van der Waals surface area contributed by atoms with E-state index in [9.17, 15) is 9.59 Å². The monoisotopic (exact) mass is 289 g/mol. The Bertz CT molecular complexity index is 543. The number of hydrogen-bond acceptors (Lipinski definition) is 4. The minimum atomic E-state index is -0.368. The van der Waals surface area contributed by atoms with Crippen LogP contribution < -0.4 is 10.1 Å². The minimum Gasteiger partial charge on any atom is -0.495 e. The summed E-state index contributed by atoms with van der Waals surface area (Å²) in [4.78, 5) is 22.6. The molecule has 0 aliphatic carbocycles. The van der Waals surface area contributed by atoms with E-state index in [1.54, 1.807) is 14.0 Å². The summed E-state index contributed by atoms with van der Waals surface area (Å²) in [6.07, 6.45) is 0.189. The number of rotatable bonds is 6. The van der Waals surface area contributed by atoms with Crippen LogP contribution in [0, 0.1) is 11.8 Å². The van der Waals surface area contributed by atoms with Gasteiger partial charge in [-0.05, 0) is 19.1 Å². The van der Waals surface area contributed by atoms with Crippen LogP contribution in [0.2, 0.25) is 0 Å². The second kappa shape index (κ2) is 9.43. The maximum Gasteiger partial charge on any atom is 0.306 e. The molecule has 0 bridgehead atoms. The van der Waals surface area contributed by atoms with E-state index in [0.29, 0.717) is 12.4 Å². The SMILES string of the molecule is CCOC(=O)CCC(=O)NCC#Cc1ccccc1OC. The molecule has 0 aromatic heterocycles. The predicted molar refractivity (Wildman–Crippen MR) is 78.7 cm³/mol. The van der Waals surface area contributed by atoms with Crippen LogP contribution in [0.15, 0.2) is 24.3 Å². The zero-order valence-corrected chi connectivity index (χ0v) is 12.3. The van der Waals surface area contributed by atoms with Crippen LogP contribution in [-0.4, -0.2) is 32.1 Å². The number of para-hydroxylation sites is 1. The van der Waals surface area contributed by atoms with E-state index in [0.717, 1.165) is 5.56 Å². The third-order valence-corrected chi connectivity index (χ3v) is 2.57. The van der Waals surface area contributed by atoms with E-state index in [2.05, 4.69) is 17.2 Å². The summed E-state index contributed by atoms with van der Waals surface area (Å²) in [5.74, 6) is 5.87. The number of carbonyl (C=O) groups excluding carboxylic acids is 2. The van der Waals surface area contributed by atoms with Gasteiger partial charge in [-0.25, -0.2) is 0 Å². The topological polar surface area (TPSA) is 64.6 Å². The van der Waals surface area contributed by atoms with Gasteiger partial charge in [0.05, 0.1) is 32.2 Å². The summed E-state index contributed by atoms with van der Waals surface area (Å²) in [6, 6.07) is 7.39. The molecule has 1 amide bonds. The van der Waals surface area contributed by atoms with E-state index >= 15 is 0 Å². The fourth-order valence-electron chi connectivity index (χ4n) is 1.57. The highest BCUT2D eigenvalue weighted by atomic mass is 16.5. The Morgan fingerprint density at radius 1 is 1.24 bits per heavy atom. The van der Waals surface area contributed by atoms with Crippen molar-refractivity contribution in [3.05, 3.63) is 29.8 Å². The zero-order valence-electron chi connectivity index (χ0n) is 12.3. The number of methoxy groups -OCH3 is 1. The highest BCUT2D eigenvalue weighted by Crippen LogP contribution is 2.15. The van der Waals surface area contributed by atoms with Crippen molar-refractivity contribution in [1.29, 1.82) is 0 Å². The number of nitrogens with one attached hydrogen (secondary N) is 1. The highest BCUT2D eigenvalue weighted by molar-refractivity contribution is 5.81. The molecule has 5 nitrogen and oxygen atoms in total. The molecule has 0 saturated carbocycles. The van der Waals surface area contributed by atoms with Crippen LogP contribution in [0.3, 0.4) is 0 Å². The molecule has 0 radical (unpaired) electrons. The van der Waals surface area contributed by atoms with E-state index in [1.807, 2.05) is 24.3 Å². The average molecular weight is 289 g/mol. The van der Waals surface area contributed by atoms with Crippen LogP contribution in [0.25, 0.3) is 0 Å².